The minimum absolute atomic E-state index is 0.108. The van der Waals surface area contributed by atoms with E-state index in [2.05, 4.69) is 10.3 Å². The molecular formula is C7H7N3O2. The Hall–Kier alpha value is -1.83. The summed E-state index contributed by atoms with van der Waals surface area (Å²) in [5.41, 5.74) is 0. The summed E-state index contributed by atoms with van der Waals surface area (Å²) in [7, 11) is 0. The molecule has 0 spiro atoms. The summed E-state index contributed by atoms with van der Waals surface area (Å²) < 4.78 is 4.71. The maximum Gasteiger partial charge on any atom is 0.289 e. The Labute approximate surface area is 69.0 Å². The lowest BCUT2D eigenvalue weighted by Gasteiger charge is -2.01. The van der Waals surface area contributed by atoms with Crippen molar-refractivity contribution in [3.05, 3.63) is 18.4 Å². The second-order valence-corrected chi connectivity index (χ2v) is 2.19. The van der Waals surface area contributed by atoms with Crippen LogP contribution in [0.25, 0.3) is 0 Å². The molecule has 12 heavy (non-hydrogen) atoms. The highest BCUT2D eigenvalue weighted by molar-refractivity contribution is 5.91. The zero-order valence-electron chi connectivity index (χ0n) is 6.44. The lowest BCUT2D eigenvalue weighted by atomic mass is 10.3. The van der Waals surface area contributed by atoms with Crippen molar-refractivity contribution < 1.29 is 9.21 Å². The zero-order valence-corrected chi connectivity index (χ0v) is 6.44. The second kappa shape index (κ2) is 3.53. The number of hydrogen-bond acceptors (Lipinski definition) is 4. The van der Waals surface area contributed by atoms with Gasteiger partial charge in [0.25, 0.3) is 5.91 Å². The topological polar surface area (TPSA) is 78.9 Å². The summed E-state index contributed by atoms with van der Waals surface area (Å²) in [5, 5.41) is 10.8. The van der Waals surface area contributed by atoms with Crippen LogP contribution < -0.4 is 5.32 Å². The van der Waals surface area contributed by atoms with Gasteiger partial charge in [0.2, 0.25) is 5.76 Å². The molecule has 1 aromatic rings. The quantitative estimate of drug-likeness (QED) is 0.684. The van der Waals surface area contributed by atoms with E-state index in [1.54, 1.807) is 6.92 Å². The summed E-state index contributed by atoms with van der Waals surface area (Å²) >= 11 is 0. The van der Waals surface area contributed by atoms with Gasteiger partial charge in [-0.2, -0.15) is 5.26 Å². The molecule has 0 saturated carbocycles. The van der Waals surface area contributed by atoms with E-state index in [4.69, 9.17) is 9.68 Å². The van der Waals surface area contributed by atoms with Gasteiger partial charge in [0.05, 0.1) is 12.3 Å². The van der Waals surface area contributed by atoms with Gasteiger partial charge in [-0.1, -0.05) is 0 Å². The average Bonchev–Trinajstić information content (AvgIpc) is 2.56. The molecule has 0 radical (unpaired) electrons. The molecule has 62 valence electrons. The van der Waals surface area contributed by atoms with Gasteiger partial charge in [0, 0.05) is 0 Å². The molecule has 0 fully saturated rings. The van der Waals surface area contributed by atoms with Crippen LogP contribution in [0.1, 0.15) is 17.5 Å². The van der Waals surface area contributed by atoms with E-state index in [0.717, 1.165) is 6.39 Å². The van der Waals surface area contributed by atoms with Crippen LogP contribution in [0.4, 0.5) is 0 Å². The first kappa shape index (κ1) is 8.27. The first-order chi connectivity index (χ1) is 5.74. The summed E-state index contributed by atoms with van der Waals surface area (Å²) in [6.45, 7) is 1.58. The van der Waals surface area contributed by atoms with Gasteiger partial charge >= 0.3 is 0 Å². The fraction of sp³-hybridized carbons (Fsp3) is 0.286. The molecule has 0 bridgehead atoms. The minimum Gasteiger partial charge on any atom is -0.438 e. The molecule has 0 saturated heterocycles. The van der Waals surface area contributed by atoms with Crippen molar-refractivity contribution in [3.8, 4) is 6.07 Å². The third-order valence-corrected chi connectivity index (χ3v) is 1.20. The van der Waals surface area contributed by atoms with Gasteiger partial charge < -0.3 is 9.73 Å². The fourth-order valence-corrected chi connectivity index (χ4v) is 0.628. The van der Waals surface area contributed by atoms with Crippen LogP contribution in [0.5, 0.6) is 0 Å². The Morgan fingerprint density at radius 3 is 3.17 bits per heavy atom. The first-order valence-corrected chi connectivity index (χ1v) is 3.33. The summed E-state index contributed by atoms with van der Waals surface area (Å²) in [6.07, 6.45) is 2.45. The number of aromatic nitrogens is 1. The number of hydrogen-bond donors (Lipinski definition) is 1. The molecule has 0 aliphatic carbocycles. The van der Waals surface area contributed by atoms with Crippen molar-refractivity contribution in [2.75, 3.05) is 0 Å². The maximum absolute atomic E-state index is 11.1. The Kier molecular flexibility index (Phi) is 2.43. The van der Waals surface area contributed by atoms with E-state index in [-0.39, 0.29) is 5.76 Å². The highest BCUT2D eigenvalue weighted by atomic mass is 16.3. The molecule has 0 aliphatic heterocycles. The van der Waals surface area contributed by atoms with Crippen molar-refractivity contribution in [1.82, 2.24) is 10.3 Å². The van der Waals surface area contributed by atoms with Crippen molar-refractivity contribution >= 4 is 5.91 Å². The molecule has 1 heterocycles. The lowest BCUT2D eigenvalue weighted by molar-refractivity contribution is 0.0920. The third-order valence-electron chi connectivity index (χ3n) is 1.20. The number of rotatable bonds is 2. The van der Waals surface area contributed by atoms with Crippen LogP contribution in [-0.2, 0) is 0 Å². The molecule has 0 aliphatic rings. The number of carbonyl (C=O) groups excluding carboxylic acids is 1. The van der Waals surface area contributed by atoms with Crippen LogP contribution in [0.2, 0.25) is 0 Å². The van der Waals surface area contributed by atoms with Gasteiger partial charge in [-0.05, 0) is 6.92 Å². The molecule has 0 aromatic carbocycles. The Bertz CT molecular complexity index is 299. The summed E-state index contributed by atoms with van der Waals surface area (Å²) in [4.78, 5) is 14.6. The molecule has 1 atom stereocenters. The Balaban J connectivity index is 2.57. The van der Waals surface area contributed by atoms with E-state index in [1.165, 1.54) is 6.20 Å². The number of nitrogens with zero attached hydrogens (tertiary/aromatic N) is 2. The molecule has 5 heteroatoms. The summed E-state index contributed by atoms with van der Waals surface area (Å²) in [5.74, 6) is -0.321. The van der Waals surface area contributed by atoms with Gasteiger partial charge in [-0.25, -0.2) is 4.98 Å². The zero-order chi connectivity index (χ0) is 8.97. The monoisotopic (exact) mass is 165 g/mol. The lowest BCUT2D eigenvalue weighted by Crippen LogP contribution is -2.30. The van der Waals surface area contributed by atoms with Crippen LogP contribution in [0.15, 0.2) is 17.0 Å². The van der Waals surface area contributed by atoms with Crippen molar-refractivity contribution in [1.29, 1.82) is 5.26 Å². The number of nitriles is 1. The van der Waals surface area contributed by atoms with Crippen molar-refractivity contribution in [2.24, 2.45) is 0 Å². The van der Waals surface area contributed by atoms with E-state index in [1.807, 2.05) is 6.07 Å². The van der Waals surface area contributed by atoms with Crippen LogP contribution in [-0.4, -0.2) is 16.9 Å². The van der Waals surface area contributed by atoms with E-state index in [9.17, 15) is 4.79 Å². The Morgan fingerprint density at radius 1 is 1.92 bits per heavy atom. The second-order valence-electron chi connectivity index (χ2n) is 2.19. The van der Waals surface area contributed by atoms with Gasteiger partial charge in [0.15, 0.2) is 6.39 Å². The van der Waals surface area contributed by atoms with Crippen molar-refractivity contribution in [2.45, 2.75) is 13.0 Å². The predicted octanol–water partition coefficient (Wildman–Crippen LogP) is 0.316. The molecular weight excluding hydrogens is 158 g/mol. The number of oxazole rings is 1. The largest absolute Gasteiger partial charge is 0.438 e. The SMILES string of the molecule is C[C@@H](C#N)NC(=O)c1cnco1. The predicted molar refractivity (Wildman–Crippen MR) is 39.0 cm³/mol. The highest BCUT2D eigenvalue weighted by Crippen LogP contribution is 1.96. The van der Waals surface area contributed by atoms with Gasteiger partial charge in [-0.15, -0.1) is 0 Å². The van der Waals surface area contributed by atoms with E-state index >= 15 is 0 Å². The van der Waals surface area contributed by atoms with Crippen LogP contribution in [0.3, 0.4) is 0 Å². The Morgan fingerprint density at radius 2 is 2.67 bits per heavy atom. The van der Waals surface area contributed by atoms with Gasteiger partial charge in [0.1, 0.15) is 6.04 Å². The minimum atomic E-state index is -0.525. The normalized spacial score (nSPS) is 11.7. The molecule has 1 N–H and O–H groups in total. The average molecular weight is 165 g/mol. The fourth-order valence-electron chi connectivity index (χ4n) is 0.628. The maximum atomic E-state index is 11.1. The summed E-state index contributed by atoms with van der Waals surface area (Å²) in [6, 6.07) is 1.34. The van der Waals surface area contributed by atoms with Crippen LogP contribution in [0, 0.1) is 11.3 Å². The molecule has 1 amide bonds. The standard InChI is InChI=1S/C7H7N3O2/c1-5(2-8)10-7(11)6-3-9-4-12-6/h3-5H,1H3,(H,10,11)/t5-/m0/s1. The van der Waals surface area contributed by atoms with E-state index < -0.39 is 11.9 Å². The molecule has 1 aromatic heterocycles. The molecule has 5 nitrogen and oxygen atoms in total. The highest BCUT2D eigenvalue weighted by Gasteiger charge is 2.11. The van der Waals surface area contributed by atoms with E-state index in [0.29, 0.717) is 0 Å². The first-order valence-electron chi connectivity index (χ1n) is 3.33. The van der Waals surface area contributed by atoms with Crippen LogP contribution >= 0.6 is 0 Å². The molecule has 1 rings (SSSR count). The van der Waals surface area contributed by atoms with Crippen molar-refractivity contribution in [3.63, 3.8) is 0 Å². The van der Waals surface area contributed by atoms with Gasteiger partial charge in [-0.3, -0.25) is 4.79 Å². The molecule has 0 unspecified atom stereocenters. The number of nitrogens with one attached hydrogen (secondary N) is 1. The number of amides is 1. The third kappa shape index (κ3) is 1.83. The number of carbonyl (C=O) groups is 1. The smallest absolute Gasteiger partial charge is 0.289 e.